The van der Waals surface area contributed by atoms with Gasteiger partial charge in [0.05, 0.1) is 16.7 Å². The number of nitriles is 1. The smallest absolute Gasteiger partial charge is 0.269 e. The molecule has 4 nitrogen and oxygen atoms in total. The first-order valence-electron chi connectivity index (χ1n) is 6.64. The first-order valence-corrected chi connectivity index (χ1v) is 7.39. The lowest BCUT2D eigenvalue weighted by Crippen LogP contribution is -1.83. The van der Waals surface area contributed by atoms with Gasteiger partial charge in [-0.05, 0) is 35.9 Å². The molecule has 0 saturated heterocycles. The van der Waals surface area contributed by atoms with E-state index in [0.717, 1.165) is 5.56 Å². The van der Waals surface area contributed by atoms with E-state index in [1.807, 2.05) is 12.1 Å². The van der Waals surface area contributed by atoms with Crippen LogP contribution in [0.3, 0.4) is 0 Å². The number of hydrogen-bond donors (Lipinski definition) is 0. The summed E-state index contributed by atoms with van der Waals surface area (Å²) in [6.45, 7) is 0. The molecule has 112 valence electrons. The maximum absolute atomic E-state index is 8.79. The summed E-state index contributed by atoms with van der Waals surface area (Å²) in [5.74, 6) is 0.572. The Hall–Kier alpha value is -2.61. The van der Waals surface area contributed by atoms with Gasteiger partial charge in [-0.1, -0.05) is 52.6 Å². The molecule has 1 heterocycles. The van der Waals surface area contributed by atoms with Crippen LogP contribution in [0.2, 0.25) is 5.02 Å². The summed E-state index contributed by atoms with van der Waals surface area (Å²) in [5, 5.41) is 13.5. The number of hydrogen-bond acceptors (Lipinski definition) is 4. The van der Waals surface area contributed by atoms with E-state index >= 15 is 0 Å². The van der Waals surface area contributed by atoms with Crippen LogP contribution in [0.25, 0.3) is 22.5 Å². The van der Waals surface area contributed by atoms with Gasteiger partial charge in [0.25, 0.3) is 5.89 Å². The third-order valence-electron chi connectivity index (χ3n) is 3.08. The number of halogens is 2. The largest absolute Gasteiger partial charge is 0.333 e. The van der Waals surface area contributed by atoms with Crippen LogP contribution in [0, 0.1) is 11.3 Å². The fourth-order valence-electron chi connectivity index (χ4n) is 1.93. The van der Waals surface area contributed by atoms with Gasteiger partial charge in [0.2, 0.25) is 5.82 Å². The maximum Gasteiger partial charge on any atom is 0.269 e. The molecule has 0 spiro atoms. The number of rotatable bonds is 3. The molecule has 0 aliphatic heterocycles. The molecule has 1 aromatic heterocycles. The van der Waals surface area contributed by atoms with E-state index < -0.39 is 0 Å². The zero-order valence-electron chi connectivity index (χ0n) is 11.7. The quantitative estimate of drug-likeness (QED) is 0.672. The predicted molar refractivity (Wildman–Crippen MR) is 89.6 cm³/mol. The van der Waals surface area contributed by atoms with Crippen molar-refractivity contribution in [2.75, 3.05) is 0 Å². The van der Waals surface area contributed by atoms with Gasteiger partial charge in [-0.2, -0.15) is 10.2 Å². The van der Waals surface area contributed by atoms with Crippen LogP contribution in [0.4, 0.5) is 0 Å². The van der Waals surface area contributed by atoms with Gasteiger partial charge >= 0.3 is 0 Å². The Kier molecular flexibility index (Phi) is 4.42. The standard InChI is InChI=1S/C17H9Cl2N3O/c18-14-4-2-1-3-13(14)16-21-17(23-22-16)15(19)9-11-5-7-12(10-20)8-6-11/h1-9H/b15-9-. The van der Waals surface area contributed by atoms with E-state index in [1.165, 1.54) is 0 Å². The van der Waals surface area contributed by atoms with Crippen LogP contribution in [0.5, 0.6) is 0 Å². The second-order valence-electron chi connectivity index (χ2n) is 4.63. The van der Waals surface area contributed by atoms with Gasteiger partial charge < -0.3 is 4.52 Å². The first kappa shape index (κ1) is 15.3. The molecule has 23 heavy (non-hydrogen) atoms. The Bertz CT molecular complexity index is 908. The number of nitrogens with zero attached hydrogens (tertiary/aromatic N) is 3. The average molecular weight is 342 g/mol. The van der Waals surface area contributed by atoms with E-state index in [9.17, 15) is 0 Å². The Morgan fingerprint density at radius 3 is 2.57 bits per heavy atom. The molecule has 0 radical (unpaired) electrons. The van der Waals surface area contributed by atoms with Gasteiger partial charge in [0, 0.05) is 5.56 Å². The molecule has 3 rings (SSSR count). The van der Waals surface area contributed by atoms with Gasteiger partial charge in [-0.15, -0.1) is 0 Å². The zero-order valence-corrected chi connectivity index (χ0v) is 13.2. The third kappa shape index (κ3) is 3.42. The van der Waals surface area contributed by atoms with Gasteiger partial charge in [0.15, 0.2) is 0 Å². The maximum atomic E-state index is 8.79. The number of aromatic nitrogens is 2. The Morgan fingerprint density at radius 1 is 1.13 bits per heavy atom. The summed E-state index contributed by atoms with van der Waals surface area (Å²) < 4.78 is 5.18. The Morgan fingerprint density at radius 2 is 1.87 bits per heavy atom. The molecule has 0 fully saturated rings. The van der Waals surface area contributed by atoms with E-state index in [0.29, 0.717) is 27.0 Å². The van der Waals surface area contributed by atoms with E-state index in [-0.39, 0.29) is 5.89 Å². The van der Waals surface area contributed by atoms with Crippen LogP contribution >= 0.6 is 23.2 Å². The highest BCUT2D eigenvalue weighted by molar-refractivity contribution is 6.50. The Balaban J connectivity index is 1.89. The summed E-state index contributed by atoms with van der Waals surface area (Å²) in [5.41, 5.74) is 2.08. The molecule has 0 aliphatic carbocycles. The molecule has 0 saturated carbocycles. The third-order valence-corrected chi connectivity index (χ3v) is 3.68. The summed E-state index contributed by atoms with van der Waals surface area (Å²) >= 11 is 12.3. The van der Waals surface area contributed by atoms with Crippen molar-refractivity contribution in [3.63, 3.8) is 0 Å². The fraction of sp³-hybridized carbons (Fsp3) is 0. The van der Waals surface area contributed by atoms with Gasteiger partial charge in [0.1, 0.15) is 5.03 Å². The minimum absolute atomic E-state index is 0.200. The second-order valence-corrected chi connectivity index (χ2v) is 5.44. The van der Waals surface area contributed by atoms with Crippen LogP contribution < -0.4 is 0 Å². The summed E-state index contributed by atoms with van der Waals surface area (Å²) in [6, 6.07) is 16.3. The highest BCUT2D eigenvalue weighted by Crippen LogP contribution is 2.28. The summed E-state index contributed by atoms with van der Waals surface area (Å²) in [6.07, 6.45) is 1.69. The van der Waals surface area contributed by atoms with Crippen molar-refractivity contribution >= 4 is 34.3 Å². The van der Waals surface area contributed by atoms with Gasteiger partial charge in [-0.3, -0.25) is 0 Å². The lowest BCUT2D eigenvalue weighted by molar-refractivity contribution is 0.410. The molecule has 0 unspecified atom stereocenters. The molecule has 6 heteroatoms. The predicted octanol–water partition coefficient (Wildman–Crippen LogP) is 5.00. The normalized spacial score (nSPS) is 11.3. The molecule has 0 N–H and O–H groups in total. The lowest BCUT2D eigenvalue weighted by atomic mass is 10.1. The van der Waals surface area contributed by atoms with Crippen molar-refractivity contribution in [3.05, 3.63) is 70.6 Å². The van der Waals surface area contributed by atoms with Crippen LogP contribution in [0.1, 0.15) is 17.0 Å². The van der Waals surface area contributed by atoms with E-state index in [2.05, 4.69) is 16.2 Å². The minimum atomic E-state index is 0.200. The van der Waals surface area contributed by atoms with Crippen molar-refractivity contribution in [1.29, 1.82) is 5.26 Å². The van der Waals surface area contributed by atoms with E-state index in [4.69, 9.17) is 33.0 Å². The van der Waals surface area contributed by atoms with Crippen molar-refractivity contribution in [1.82, 2.24) is 10.1 Å². The molecule has 0 aliphatic rings. The fourth-order valence-corrected chi connectivity index (χ4v) is 2.36. The molecule has 0 atom stereocenters. The molecule has 0 bridgehead atoms. The second kappa shape index (κ2) is 6.66. The van der Waals surface area contributed by atoms with Crippen LogP contribution in [-0.4, -0.2) is 10.1 Å². The topological polar surface area (TPSA) is 62.7 Å². The van der Waals surface area contributed by atoms with Crippen molar-refractivity contribution in [2.24, 2.45) is 0 Å². The highest BCUT2D eigenvalue weighted by atomic mass is 35.5. The summed E-state index contributed by atoms with van der Waals surface area (Å²) in [4.78, 5) is 4.26. The van der Waals surface area contributed by atoms with Crippen LogP contribution in [0.15, 0.2) is 53.1 Å². The molecule has 2 aromatic carbocycles. The van der Waals surface area contributed by atoms with Crippen molar-refractivity contribution < 1.29 is 4.52 Å². The Labute approximate surface area is 142 Å². The molecular formula is C17H9Cl2N3O. The summed E-state index contributed by atoms with van der Waals surface area (Å²) in [7, 11) is 0. The molecule has 3 aromatic rings. The highest BCUT2D eigenvalue weighted by Gasteiger charge is 2.13. The van der Waals surface area contributed by atoms with Crippen molar-refractivity contribution in [3.8, 4) is 17.5 Å². The first-order chi connectivity index (χ1) is 11.2. The van der Waals surface area contributed by atoms with Crippen molar-refractivity contribution in [2.45, 2.75) is 0 Å². The SMILES string of the molecule is N#Cc1ccc(/C=C(\Cl)c2nc(-c3ccccc3Cl)no2)cc1. The monoisotopic (exact) mass is 341 g/mol. The van der Waals surface area contributed by atoms with E-state index in [1.54, 1.807) is 42.5 Å². The zero-order chi connectivity index (χ0) is 16.2. The average Bonchev–Trinajstić information content (AvgIpc) is 3.06. The molecular weight excluding hydrogens is 333 g/mol. The molecule has 0 amide bonds. The van der Waals surface area contributed by atoms with Gasteiger partial charge in [-0.25, -0.2) is 0 Å². The minimum Gasteiger partial charge on any atom is -0.333 e. The van der Waals surface area contributed by atoms with Crippen LogP contribution in [-0.2, 0) is 0 Å². The number of benzene rings is 2. The lowest BCUT2D eigenvalue weighted by Gasteiger charge is -1.96.